The lowest BCUT2D eigenvalue weighted by atomic mass is 10.0. The fraction of sp³-hybridized carbons (Fsp3) is 0.842. The van der Waals surface area contributed by atoms with Gasteiger partial charge in [0.05, 0.1) is 0 Å². The Morgan fingerprint density at radius 1 is 0.923 bits per heavy atom. The predicted molar refractivity (Wildman–Crippen MR) is 101 cm³/mol. The van der Waals surface area contributed by atoms with E-state index in [1.54, 1.807) is 0 Å². The van der Waals surface area contributed by atoms with Crippen molar-refractivity contribution in [2.24, 2.45) is 0 Å². The van der Waals surface area contributed by atoms with Crippen molar-refractivity contribution in [1.82, 2.24) is 24.6 Å². The van der Waals surface area contributed by atoms with Crippen LogP contribution in [0.15, 0.2) is 0 Å². The summed E-state index contributed by atoms with van der Waals surface area (Å²) in [6.07, 6.45) is 8.67. The molecule has 0 aliphatic carbocycles. The lowest BCUT2D eigenvalue weighted by Crippen LogP contribution is -2.47. The Balaban J connectivity index is 1.42. The van der Waals surface area contributed by atoms with Gasteiger partial charge in [-0.05, 0) is 58.5 Å². The van der Waals surface area contributed by atoms with Crippen LogP contribution in [0.25, 0.3) is 0 Å². The normalized spacial score (nSPS) is 23.0. The zero-order chi connectivity index (χ0) is 17.9. The molecule has 26 heavy (non-hydrogen) atoms. The van der Waals surface area contributed by atoms with Gasteiger partial charge in [0.25, 0.3) is 5.91 Å². The molecule has 0 radical (unpaired) electrons. The second-order valence-corrected chi connectivity index (χ2v) is 7.88. The third kappa shape index (κ3) is 3.46. The summed E-state index contributed by atoms with van der Waals surface area (Å²) in [5, 5.41) is 8.70. The monoisotopic (exact) mass is 360 g/mol. The van der Waals surface area contributed by atoms with Crippen LogP contribution < -0.4 is 4.90 Å². The molecule has 1 aromatic rings. The number of anilines is 1. The van der Waals surface area contributed by atoms with E-state index >= 15 is 0 Å². The zero-order valence-corrected chi connectivity index (χ0v) is 16.1. The van der Waals surface area contributed by atoms with E-state index in [0.717, 1.165) is 57.6 Å². The molecule has 1 aromatic heterocycles. The lowest BCUT2D eigenvalue weighted by molar-refractivity contribution is 0.0775. The number of rotatable bonds is 4. The molecule has 1 amide bonds. The number of piperidine rings is 2. The molecular weight excluding hydrogens is 328 g/mol. The van der Waals surface area contributed by atoms with Gasteiger partial charge in [0.2, 0.25) is 11.8 Å². The molecule has 3 saturated heterocycles. The van der Waals surface area contributed by atoms with Crippen LogP contribution in [0.4, 0.5) is 5.95 Å². The van der Waals surface area contributed by atoms with E-state index < -0.39 is 0 Å². The van der Waals surface area contributed by atoms with Gasteiger partial charge in [-0.15, -0.1) is 10.2 Å². The molecule has 0 bridgehead atoms. The lowest BCUT2D eigenvalue weighted by Gasteiger charge is -2.40. The second-order valence-electron chi connectivity index (χ2n) is 7.88. The number of carbonyl (C=O) groups is 1. The minimum Gasteiger partial charge on any atom is -0.341 e. The van der Waals surface area contributed by atoms with Crippen LogP contribution in [0.2, 0.25) is 0 Å². The zero-order valence-electron chi connectivity index (χ0n) is 16.1. The third-order valence-corrected chi connectivity index (χ3v) is 6.29. The first kappa shape index (κ1) is 17.8. The summed E-state index contributed by atoms with van der Waals surface area (Å²) in [6, 6.07) is 0.718. The first-order valence-electron chi connectivity index (χ1n) is 10.5. The van der Waals surface area contributed by atoms with E-state index in [-0.39, 0.29) is 5.91 Å². The maximum Gasteiger partial charge on any atom is 0.291 e. The largest absolute Gasteiger partial charge is 0.341 e. The van der Waals surface area contributed by atoms with Gasteiger partial charge in [0.15, 0.2) is 0 Å². The Labute approximate surface area is 156 Å². The van der Waals surface area contributed by atoms with Gasteiger partial charge in [0, 0.05) is 38.8 Å². The van der Waals surface area contributed by atoms with Crippen molar-refractivity contribution < 1.29 is 4.79 Å². The third-order valence-electron chi connectivity index (χ3n) is 6.29. The van der Waals surface area contributed by atoms with Crippen molar-refractivity contribution in [2.75, 3.05) is 44.2 Å². The quantitative estimate of drug-likeness (QED) is 0.822. The van der Waals surface area contributed by atoms with E-state index in [4.69, 9.17) is 0 Å². The molecule has 0 saturated carbocycles. The Bertz CT molecular complexity index is 610. The van der Waals surface area contributed by atoms with Gasteiger partial charge < -0.3 is 14.7 Å². The van der Waals surface area contributed by atoms with E-state index in [1.807, 2.05) is 9.47 Å². The fourth-order valence-electron chi connectivity index (χ4n) is 4.75. The van der Waals surface area contributed by atoms with E-state index in [1.165, 1.54) is 45.2 Å². The molecule has 4 rings (SSSR count). The van der Waals surface area contributed by atoms with Crippen LogP contribution in [0.3, 0.4) is 0 Å². The topological polar surface area (TPSA) is 57.5 Å². The number of amides is 1. The number of hydrogen-bond donors (Lipinski definition) is 0. The van der Waals surface area contributed by atoms with Crippen LogP contribution in [0, 0.1) is 0 Å². The summed E-state index contributed by atoms with van der Waals surface area (Å²) in [5.41, 5.74) is 0. The van der Waals surface area contributed by atoms with E-state index in [9.17, 15) is 4.79 Å². The van der Waals surface area contributed by atoms with Gasteiger partial charge in [0.1, 0.15) is 0 Å². The molecular formula is C19H32N6O. The number of aromatic nitrogens is 3. The summed E-state index contributed by atoms with van der Waals surface area (Å²) < 4.78 is 2.02. The van der Waals surface area contributed by atoms with E-state index in [0.29, 0.717) is 5.82 Å². The number of hydrogen-bond acceptors (Lipinski definition) is 5. The molecule has 0 unspecified atom stereocenters. The summed E-state index contributed by atoms with van der Waals surface area (Å²) in [6.45, 7) is 9.08. The van der Waals surface area contributed by atoms with Gasteiger partial charge in [-0.1, -0.05) is 6.42 Å². The summed E-state index contributed by atoms with van der Waals surface area (Å²) in [5.74, 6) is 1.45. The molecule has 0 spiro atoms. The standard InChI is InChI=1S/C19H32N6O/c1-2-25-17(18(26)23-12-6-7-13-23)20-21-19(25)24-14-8-16(9-15-24)22-10-4-3-5-11-22/h16H,2-15H2,1H3. The van der Waals surface area contributed by atoms with Crippen molar-refractivity contribution in [1.29, 1.82) is 0 Å². The minimum absolute atomic E-state index is 0.0475. The van der Waals surface area contributed by atoms with Crippen LogP contribution in [-0.2, 0) is 6.54 Å². The van der Waals surface area contributed by atoms with Gasteiger partial charge >= 0.3 is 0 Å². The molecule has 3 fully saturated rings. The van der Waals surface area contributed by atoms with Crippen molar-refractivity contribution in [3.63, 3.8) is 0 Å². The second kappa shape index (κ2) is 7.94. The van der Waals surface area contributed by atoms with Gasteiger partial charge in [-0.25, -0.2) is 0 Å². The first-order chi connectivity index (χ1) is 12.8. The van der Waals surface area contributed by atoms with Crippen LogP contribution in [-0.4, -0.2) is 75.8 Å². The molecule has 0 aromatic carbocycles. The Morgan fingerprint density at radius 2 is 1.58 bits per heavy atom. The average molecular weight is 361 g/mol. The van der Waals surface area contributed by atoms with Crippen molar-refractivity contribution in [3.8, 4) is 0 Å². The number of carbonyl (C=O) groups excluding carboxylic acids is 1. The SMILES string of the molecule is CCn1c(C(=O)N2CCCC2)nnc1N1CCC(N2CCCCC2)CC1. The molecule has 4 heterocycles. The smallest absolute Gasteiger partial charge is 0.291 e. The van der Waals surface area contributed by atoms with Crippen LogP contribution in [0.1, 0.15) is 62.5 Å². The highest BCUT2D eigenvalue weighted by Crippen LogP contribution is 2.25. The van der Waals surface area contributed by atoms with Gasteiger partial charge in [-0.3, -0.25) is 9.36 Å². The van der Waals surface area contributed by atoms with Crippen molar-refractivity contribution >= 4 is 11.9 Å². The highest BCUT2D eigenvalue weighted by atomic mass is 16.2. The minimum atomic E-state index is 0.0475. The van der Waals surface area contributed by atoms with Crippen molar-refractivity contribution in [3.05, 3.63) is 5.82 Å². The molecule has 0 N–H and O–H groups in total. The van der Waals surface area contributed by atoms with Crippen LogP contribution >= 0.6 is 0 Å². The summed E-state index contributed by atoms with van der Waals surface area (Å²) in [4.78, 5) is 19.7. The maximum absolute atomic E-state index is 12.8. The molecule has 7 nitrogen and oxygen atoms in total. The van der Waals surface area contributed by atoms with Gasteiger partial charge in [-0.2, -0.15) is 0 Å². The number of likely N-dealkylation sites (tertiary alicyclic amines) is 2. The molecule has 3 aliphatic rings. The highest BCUT2D eigenvalue weighted by Gasteiger charge is 2.30. The van der Waals surface area contributed by atoms with Crippen LogP contribution in [0.5, 0.6) is 0 Å². The Hall–Kier alpha value is -1.63. The predicted octanol–water partition coefficient (Wildman–Crippen LogP) is 1.99. The number of nitrogens with zero attached hydrogens (tertiary/aromatic N) is 6. The molecule has 7 heteroatoms. The summed E-state index contributed by atoms with van der Waals surface area (Å²) >= 11 is 0. The molecule has 3 aliphatic heterocycles. The van der Waals surface area contributed by atoms with Crippen molar-refractivity contribution in [2.45, 2.75) is 64.5 Å². The molecule has 144 valence electrons. The Morgan fingerprint density at radius 3 is 2.23 bits per heavy atom. The fourth-order valence-corrected chi connectivity index (χ4v) is 4.75. The first-order valence-corrected chi connectivity index (χ1v) is 10.5. The van der Waals surface area contributed by atoms with E-state index in [2.05, 4.69) is 26.9 Å². The molecule has 0 atom stereocenters. The summed E-state index contributed by atoms with van der Waals surface area (Å²) in [7, 11) is 0. The maximum atomic E-state index is 12.8. The average Bonchev–Trinajstić information content (AvgIpc) is 3.38. The highest BCUT2D eigenvalue weighted by molar-refractivity contribution is 5.91. The Kier molecular flexibility index (Phi) is 5.43.